The summed E-state index contributed by atoms with van der Waals surface area (Å²) in [5, 5.41) is 1.32. The monoisotopic (exact) mass is 554 g/mol. The van der Waals surface area contributed by atoms with Gasteiger partial charge in [-0.25, -0.2) is 0 Å². The maximum absolute atomic E-state index is 6.61. The average molecular weight is 555 g/mol. The van der Waals surface area contributed by atoms with Crippen LogP contribution in [0.4, 0.5) is 0 Å². The summed E-state index contributed by atoms with van der Waals surface area (Å²) in [6, 6.07) is 15.8. The lowest BCUT2D eigenvalue weighted by atomic mass is 9.70. The number of hydrogen-bond acceptors (Lipinski definition) is 2. The zero-order valence-corrected chi connectivity index (χ0v) is 26.5. The van der Waals surface area contributed by atoms with Gasteiger partial charge in [0.1, 0.15) is 8.07 Å². The third kappa shape index (κ3) is 6.08. The topological polar surface area (TPSA) is 18.5 Å². The summed E-state index contributed by atoms with van der Waals surface area (Å²) in [5.74, 6) is 3.73. The molecule has 1 heterocycles. The Bertz CT molecular complexity index is 1180. The average Bonchev–Trinajstić information content (AvgIpc) is 2.98. The van der Waals surface area contributed by atoms with E-state index in [2.05, 4.69) is 92.8 Å². The summed E-state index contributed by atoms with van der Waals surface area (Å²) in [5.41, 5.74) is 8.09. The lowest BCUT2D eigenvalue weighted by Crippen LogP contribution is -2.43. The van der Waals surface area contributed by atoms with E-state index < -0.39 is 26.4 Å². The normalized spacial score (nSPS) is 17.8. The molecule has 0 radical (unpaired) electrons. The highest BCUT2D eigenvalue weighted by molar-refractivity contribution is 6.90. The van der Waals surface area contributed by atoms with E-state index in [1.807, 2.05) is 36.4 Å². The molecule has 0 bridgehead atoms. The quantitative estimate of drug-likeness (QED) is 0.201. The minimum atomic E-state index is -2.03. The summed E-state index contributed by atoms with van der Waals surface area (Å²) in [6.07, 6.45) is 0. The van der Waals surface area contributed by atoms with E-state index in [-0.39, 0.29) is 0 Å². The standard InChI is InChI=1S/C31H41BCl2O2Si/c1-21(2)37(22(3)4,23(5)6)18-17-28(24-13-11-15-26(33)19-24)29(25-14-12-16-27(34)20-25)32-35-30(7,8)31(9,10)36-32/h11-16,19-23H,1-10H3/b29-28+. The first kappa shape index (κ1) is 30.1. The minimum Gasteiger partial charge on any atom is -0.399 e. The molecule has 1 aliphatic heterocycles. The van der Waals surface area contributed by atoms with Crippen LogP contribution in [-0.2, 0) is 9.31 Å². The van der Waals surface area contributed by atoms with E-state index in [1.54, 1.807) is 0 Å². The van der Waals surface area contributed by atoms with Gasteiger partial charge in [0.25, 0.3) is 0 Å². The molecule has 2 aromatic carbocycles. The fourth-order valence-corrected chi connectivity index (χ4v) is 11.1. The third-order valence-corrected chi connectivity index (χ3v) is 15.0. The molecular formula is C31H41BCl2O2Si. The van der Waals surface area contributed by atoms with Gasteiger partial charge in [-0.2, -0.15) is 0 Å². The first-order chi connectivity index (χ1) is 17.1. The van der Waals surface area contributed by atoms with Gasteiger partial charge in [0, 0.05) is 21.1 Å². The van der Waals surface area contributed by atoms with Crippen molar-refractivity contribution in [3.63, 3.8) is 0 Å². The maximum Gasteiger partial charge on any atom is 0.496 e. The highest BCUT2D eigenvalue weighted by Crippen LogP contribution is 2.44. The fraction of sp³-hybridized carbons (Fsp3) is 0.484. The summed E-state index contributed by atoms with van der Waals surface area (Å²) in [6.45, 7) is 22.3. The Kier molecular flexibility index (Phi) is 9.21. The van der Waals surface area contributed by atoms with Crippen molar-refractivity contribution in [2.45, 2.75) is 97.1 Å². The second kappa shape index (κ2) is 11.3. The van der Waals surface area contributed by atoms with E-state index in [1.165, 1.54) is 0 Å². The van der Waals surface area contributed by atoms with Crippen molar-refractivity contribution in [3.8, 4) is 11.5 Å². The van der Waals surface area contributed by atoms with Crippen LogP contribution in [0.3, 0.4) is 0 Å². The predicted molar refractivity (Wildman–Crippen MR) is 165 cm³/mol. The molecule has 0 saturated carbocycles. The summed E-state index contributed by atoms with van der Waals surface area (Å²) < 4.78 is 13.2. The van der Waals surface area contributed by atoms with E-state index in [9.17, 15) is 0 Å². The van der Waals surface area contributed by atoms with Gasteiger partial charge in [0.15, 0.2) is 0 Å². The van der Waals surface area contributed by atoms with Crippen LogP contribution in [0.15, 0.2) is 48.5 Å². The van der Waals surface area contributed by atoms with Crippen molar-refractivity contribution >= 4 is 49.4 Å². The van der Waals surface area contributed by atoms with Crippen LogP contribution < -0.4 is 0 Å². The van der Waals surface area contributed by atoms with Gasteiger partial charge in [-0.3, -0.25) is 0 Å². The molecule has 0 aromatic heterocycles. The van der Waals surface area contributed by atoms with Gasteiger partial charge < -0.3 is 9.31 Å². The molecule has 0 amide bonds. The largest absolute Gasteiger partial charge is 0.496 e. The molecule has 0 spiro atoms. The zero-order chi connectivity index (χ0) is 27.8. The molecule has 0 atom stereocenters. The predicted octanol–water partition coefficient (Wildman–Crippen LogP) is 9.76. The van der Waals surface area contributed by atoms with Gasteiger partial charge in [0.2, 0.25) is 0 Å². The number of benzene rings is 2. The van der Waals surface area contributed by atoms with Gasteiger partial charge in [-0.05, 0) is 79.7 Å². The first-order valence-electron chi connectivity index (χ1n) is 13.3. The lowest BCUT2D eigenvalue weighted by molar-refractivity contribution is 0.00578. The molecule has 0 aliphatic carbocycles. The molecule has 0 unspecified atom stereocenters. The smallest absolute Gasteiger partial charge is 0.399 e. The van der Waals surface area contributed by atoms with Crippen LogP contribution in [0.5, 0.6) is 0 Å². The Morgan fingerprint density at radius 3 is 1.62 bits per heavy atom. The minimum absolute atomic E-state index is 0.499. The molecule has 2 nitrogen and oxygen atoms in total. The molecule has 3 rings (SSSR count). The maximum atomic E-state index is 6.61. The van der Waals surface area contributed by atoms with Crippen molar-refractivity contribution < 1.29 is 9.31 Å². The van der Waals surface area contributed by atoms with E-state index in [0.29, 0.717) is 26.7 Å². The molecular weight excluding hydrogens is 514 g/mol. The van der Waals surface area contributed by atoms with Crippen LogP contribution in [0.1, 0.15) is 80.4 Å². The van der Waals surface area contributed by atoms with Crippen LogP contribution in [0.25, 0.3) is 11.0 Å². The first-order valence-corrected chi connectivity index (χ1v) is 16.3. The van der Waals surface area contributed by atoms with E-state index >= 15 is 0 Å². The molecule has 1 aliphatic rings. The Balaban J connectivity index is 2.43. The SMILES string of the molecule is CC(C)[Si](C#C/C(=C(\B1OC(C)(C)C(C)(C)O1)c1cccc(Cl)c1)c1cccc(Cl)c1)(C(C)C)C(C)C. The second-order valence-electron chi connectivity index (χ2n) is 12.0. The highest BCUT2D eigenvalue weighted by Gasteiger charge is 2.53. The Morgan fingerprint density at radius 2 is 1.19 bits per heavy atom. The fourth-order valence-electron chi connectivity index (χ4n) is 5.56. The van der Waals surface area contributed by atoms with Crippen LogP contribution in [0.2, 0.25) is 26.7 Å². The Hall–Kier alpha value is -1.48. The van der Waals surface area contributed by atoms with Crippen molar-refractivity contribution in [2.75, 3.05) is 0 Å². The molecule has 6 heteroatoms. The summed E-state index contributed by atoms with van der Waals surface area (Å²) >= 11 is 13.0. The number of rotatable bonds is 6. The molecule has 37 heavy (non-hydrogen) atoms. The van der Waals surface area contributed by atoms with Gasteiger partial charge in [-0.15, -0.1) is 5.54 Å². The molecule has 0 N–H and O–H groups in total. The Labute approximate surface area is 236 Å². The van der Waals surface area contributed by atoms with E-state index in [0.717, 1.165) is 22.2 Å². The third-order valence-electron chi connectivity index (χ3n) is 8.28. The van der Waals surface area contributed by atoms with Crippen molar-refractivity contribution in [3.05, 3.63) is 69.7 Å². The number of allylic oxidation sites excluding steroid dienone is 1. The van der Waals surface area contributed by atoms with Crippen molar-refractivity contribution in [1.29, 1.82) is 0 Å². The van der Waals surface area contributed by atoms with Crippen LogP contribution >= 0.6 is 23.2 Å². The zero-order valence-electron chi connectivity index (χ0n) is 24.0. The number of hydrogen-bond donors (Lipinski definition) is 0. The van der Waals surface area contributed by atoms with E-state index in [4.69, 9.17) is 32.5 Å². The lowest BCUT2D eigenvalue weighted by Gasteiger charge is -2.38. The molecule has 1 saturated heterocycles. The van der Waals surface area contributed by atoms with Gasteiger partial charge in [0.05, 0.1) is 11.2 Å². The second-order valence-corrected chi connectivity index (χ2v) is 18.5. The summed E-state index contributed by atoms with van der Waals surface area (Å²) in [4.78, 5) is 0. The molecule has 198 valence electrons. The highest BCUT2D eigenvalue weighted by atomic mass is 35.5. The van der Waals surface area contributed by atoms with Crippen molar-refractivity contribution in [1.82, 2.24) is 0 Å². The van der Waals surface area contributed by atoms with Crippen molar-refractivity contribution in [2.24, 2.45) is 0 Å². The Morgan fingerprint density at radius 1 is 0.757 bits per heavy atom. The van der Waals surface area contributed by atoms with Gasteiger partial charge >= 0.3 is 7.12 Å². The molecule has 1 fully saturated rings. The van der Waals surface area contributed by atoms with Crippen LogP contribution in [-0.4, -0.2) is 26.4 Å². The number of halogens is 2. The summed E-state index contributed by atoms with van der Waals surface area (Å²) in [7, 11) is -2.64. The molecule has 2 aromatic rings. The van der Waals surface area contributed by atoms with Crippen LogP contribution in [0, 0.1) is 11.5 Å². The van der Waals surface area contributed by atoms with Gasteiger partial charge in [-0.1, -0.05) is 94.9 Å².